The van der Waals surface area contributed by atoms with Crippen molar-refractivity contribution in [2.75, 3.05) is 0 Å². The van der Waals surface area contributed by atoms with Gasteiger partial charge in [0.2, 0.25) is 0 Å². The molecule has 0 saturated heterocycles. The monoisotopic (exact) mass is 481 g/mol. The Hall–Kier alpha value is -2.93. The van der Waals surface area contributed by atoms with Crippen LogP contribution < -0.4 is 0 Å². The average molecular weight is 481 g/mol. The fourth-order valence-corrected chi connectivity index (χ4v) is 6.30. The molecule has 0 aliphatic heterocycles. The van der Waals surface area contributed by atoms with E-state index in [0.29, 0.717) is 19.9 Å². The zero-order valence-corrected chi connectivity index (χ0v) is 20.5. The van der Waals surface area contributed by atoms with E-state index in [-0.39, 0.29) is 0 Å². The summed E-state index contributed by atoms with van der Waals surface area (Å²) in [5, 5.41) is 1.34. The van der Waals surface area contributed by atoms with Crippen LogP contribution in [0.4, 0.5) is 0 Å². The number of rotatable bonds is 4. The molecule has 32 heavy (non-hydrogen) atoms. The van der Waals surface area contributed by atoms with Gasteiger partial charge in [0, 0.05) is 0 Å². The Bertz CT molecular complexity index is 1320. The van der Waals surface area contributed by atoms with Crippen LogP contribution in [0.3, 0.4) is 0 Å². The molecule has 0 radical (unpaired) electrons. The van der Waals surface area contributed by atoms with Gasteiger partial charge in [-0.1, -0.05) is 20.8 Å². The van der Waals surface area contributed by atoms with Gasteiger partial charge < -0.3 is 0 Å². The van der Waals surface area contributed by atoms with Gasteiger partial charge in [0.1, 0.15) is 0 Å². The summed E-state index contributed by atoms with van der Waals surface area (Å²) < 4.78 is 2.80. The van der Waals surface area contributed by atoms with Gasteiger partial charge >= 0.3 is 164 Å². The van der Waals surface area contributed by atoms with Crippen LogP contribution in [0.15, 0.2) is 97.2 Å². The van der Waals surface area contributed by atoms with Crippen LogP contribution in [-0.2, 0) is 6.42 Å². The van der Waals surface area contributed by atoms with E-state index in [1.807, 2.05) is 6.20 Å². The van der Waals surface area contributed by atoms with Gasteiger partial charge in [0.25, 0.3) is 0 Å². The van der Waals surface area contributed by atoms with Crippen molar-refractivity contribution >= 4 is 24.1 Å². The summed E-state index contributed by atoms with van der Waals surface area (Å²) in [7, 11) is 0. The third kappa shape index (κ3) is 4.62. The van der Waals surface area contributed by atoms with Crippen molar-refractivity contribution in [2.24, 2.45) is 5.41 Å². The van der Waals surface area contributed by atoms with E-state index in [1.165, 1.54) is 41.9 Å². The number of pyridine rings is 1. The molecule has 5 aromatic rings. The van der Waals surface area contributed by atoms with Crippen molar-refractivity contribution < 1.29 is 0 Å². The average Bonchev–Trinajstić information content (AvgIpc) is 3.23. The molecule has 0 atom stereocenters. The molecule has 3 aromatic carbocycles. The van der Waals surface area contributed by atoms with E-state index in [9.17, 15) is 0 Å². The Morgan fingerprint density at radius 2 is 1.31 bits per heavy atom. The minimum absolute atomic E-state index is 0.311. The number of fused-ring (bicyclic) bond motifs is 1. The molecular formula is C30H27NSe. The normalized spacial score (nSPS) is 11.7. The predicted octanol–water partition coefficient (Wildman–Crippen LogP) is 7.88. The first-order chi connectivity index (χ1) is 15.4. The third-order valence-corrected chi connectivity index (χ3v) is 8.07. The number of aromatic nitrogens is 1. The summed E-state index contributed by atoms with van der Waals surface area (Å²) in [5.74, 6) is 0. The van der Waals surface area contributed by atoms with Gasteiger partial charge in [-0.3, -0.25) is 0 Å². The van der Waals surface area contributed by atoms with Crippen LogP contribution >= 0.6 is 0 Å². The Balaban J connectivity index is 1.39. The number of hydrogen-bond acceptors (Lipinski definition) is 1. The van der Waals surface area contributed by atoms with Crippen molar-refractivity contribution in [1.29, 1.82) is 0 Å². The molecule has 0 aliphatic carbocycles. The van der Waals surface area contributed by atoms with E-state index in [0.717, 1.165) is 12.1 Å². The fraction of sp³-hybridized carbons (Fsp3) is 0.167. The van der Waals surface area contributed by atoms with Gasteiger partial charge in [-0.25, -0.2) is 0 Å². The molecule has 0 amide bonds. The maximum absolute atomic E-state index is 4.68. The Morgan fingerprint density at radius 1 is 0.688 bits per heavy atom. The SMILES string of the molecule is CC(C)(C)Cc1ccc(-c2ccc(-c3ccnc(-c4cc5ccccc5[se]4)c3)cc2)cc1. The Kier molecular flexibility index (Phi) is 5.59. The number of hydrogen-bond donors (Lipinski definition) is 0. The second-order valence-electron chi connectivity index (χ2n) is 9.59. The van der Waals surface area contributed by atoms with Crippen molar-refractivity contribution in [3.63, 3.8) is 0 Å². The Labute approximate surface area is 196 Å². The van der Waals surface area contributed by atoms with Crippen molar-refractivity contribution in [2.45, 2.75) is 27.2 Å². The van der Waals surface area contributed by atoms with Crippen molar-refractivity contribution in [1.82, 2.24) is 4.98 Å². The van der Waals surface area contributed by atoms with Crippen LogP contribution in [-0.4, -0.2) is 19.5 Å². The summed E-state index contributed by atoms with van der Waals surface area (Å²) in [6, 6.07) is 33.2. The molecule has 2 aromatic heterocycles. The van der Waals surface area contributed by atoms with Gasteiger partial charge in [-0.05, 0) is 11.8 Å². The standard InChI is InChI=1S/C30H27NSe/c1-30(2,3)20-21-8-10-22(11-9-21)23-12-14-24(15-13-23)25-16-17-31-27(18-25)29-19-26-6-4-5-7-28(26)32-29/h4-19H,20H2,1-3H3. The van der Waals surface area contributed by atoms with Gasteiger partial charge in [-0.2, -0.15) is 0 Å². The van der Waals surface area contributed by atoms with Gasteiger partial charge in [0.15, 0.2) is 0 Å². The molecule has 1 nitrogen and oxygen atoms in total. The van der Waals surface area contributed by atoms with Crippen molar-refractivity contribution in [3.8, 4) is 32.4 Å². The van der Waals surface area contributed by atoms with Crippen LogP contribution in [0.5, 0.6) is 0 Å². The summed E-state index contributed by atoms with van der Waals surface area (Å²) in [5.41, 5.74) is 7.76. The summed E-state index contributed by atoms with van der Waals surface area (Å²) in [6.07, 6.45) is 3.03. The summed E-state index contributed by atoms with van der Waals surface area (Å²) in [6.45, 7) is 6.85. The van der Waals surface area contributed by atoms with Crippen LogP contribution in [0.1, 0.15) is 26.3 Å². The molecule has 2 heteroatoms. The zero-order chi connectivity index (χ0) is 22.1. The minimum atomic E-state index is 0.311. The van der Waals surface area contributed by atoms with Crippen LogP contribution in [0.25, 0.3) is 42.0 Å². The first-order valence-electron chi connectivity index (χ1n) is 11.1. The predicted molar refractivity (Wildman–Crippen MR) is 138 cm³/mol. The van der Waals surface area contributed by atoms with Crippen LogP contribution in [0, 0.1) is 5.41 Å². The van der Waals surface area contributed by atoms with E-state index in [1.54, 1.807) is 0 Å². The van der Waals surface area contributed by atoms with Gasteiger partial charge in [-0.15, -0.1) is 0 Å². The molecule has 0 fully saturated rings. The second kappa shape index (κ2) is 8.54. The molecule has 0 bridgehead atoms. The zero-order valence-electron chi connectivity index (χ0n) is 18.8. The molecule has 0 aliphatic rings. The fourth-order valence-electron chi connectivity index (χ4n) is 4.14. The summed E-state index contributed by atoms with van der Waals surface area (Å²) in [4.78, 5) is 4.68. The van der Waals surface area contributed by atoms with E-state index >= 15 is 0 Å². The topological polar surface area (TPSA) is 12.9 Å². The van der Waals surface area contributed by atoms with E-state index in [4.69, 9.17) is 0 Å². The van der Waals surface area contributed by atoms with E-state index in [2.05, 4.69) is 117 Å². The van der Waals surface area contributed by atoms with Crippen molar-refractivity contribution in [3.05, 3.63) is 103 Å². The Morgan fingerprint density at radius 3 is 1.97 bits per heavy atom. The molecule has 0 saturated carbocycles. The first-order valence-corrected chi connectivity index (χ1v) is 12.8. The molecule has 158 valence electrons. The molecule has 0 spiro atoms. The second-order valence-corrected chi connectivity index (χ2v) is 11.9. The summed E-state index contributed by atoms with van der Waals surface area (Å²) >= 11 is 0.325. The molecule has 5 rings (SSSR count). The van der Waals surface area contributed by atoms with Gasteiger partial charge in [0.05, 0.1) is 0 Å². The number of nitrogens with zero attached hydrogens (tertiary/aromatic N) is 1. The van der Waals surface area contributed by atoms with E-state index < -0.39 is 0 Å². The number of benzene rings is 3. The molecular weight excluding hydrogens is 453 g/mol. The molecule has 0 N–H and O–H groups in total. The molecule has 0 unspecified atom stereocenters. The molecule has 2 heterocycles. The third-order valence-electron chi connectivity index (χ3n) is 5.68. The first kappa shape index (κ1) is 20.9. The quantitative estimate of drug-likeness (QED) is 0.239. The maximum atomic E-state index is 4.68. The van der Waals surface area contributed by atoms with Crippen LogP contribution in [0.2, 0.25) is 0 Å².